The van der Waals surface area contributed by atoms with Crippen molar-refractivity contribution < 1.29 is 14.3 Å². The third-order valence-corrected chi connectivity index (χ3v) is 2.73. The van der Waals surface area contributed by atoms with Gasteiger partial charge in [0.15, 0.2) is 0 Å². The standard InChI is InChI=1S/C13H16N4O3/c14-8-1-2-11-9(5-8)10(6-17-11)13(19)16-3-4-20-7-12(15)18/h1-2,5-6,17H,3-4,7,14H2,(H2,15,18)(H,16,19). The Kier molecular flexibility index (Phi) is 4.21. The Balaban J connectivity index is 1.94. The molecule has 7 heteroatoms. The molecule has 0 unspecified atom stereocenters. The zero-order chi connectivity index (χ0) is 14.5. The lowest BCUT2D eigenvalue weighted by atomic mass is 10.1. The van der Waals surface area contributed by atoms with Gasteiger partial charge in [0.1, 0.15) is 6.61 Å². The maximum Gasteiger partial charge on any atom is 0.253 e. The monoisotopic (exact) mass is 276 g/mol. The number of aromatic nitrogens is 1. The number of nitrogen functional groups attached to an aromatic ring is 1. The number of H-pyrrole nitrogens is 1. The number of rotatable bonds is 6. The van der Waals surface area contributed by atoms with Crippen LogP contribution in [0, 0.1) is 0 Å². The highest BCUT2D eigenvalue weighted by Crippen LogP contribution is 2.20. The summed E-state index contributed by atoms with van der Waals surface area (Å²) in [6, 6.07) is 5.32. The van der Waals surface area contributed by atoms with E-state index in [0.717, 1.165) is 10.9 Å². The molecule has 2 aromatic rings. The smallest absolute Gasteiger partial charge is 0.253 e. The van der Waals surface area contributed by atoms with Gasteiger partial charge in [-0.05, 0) is 18.2 Å². The summed E-state index contributed by atoms with van der Waals surface area (Å²) < 4.78 is 4.95. The number of hydrogen-bond acceptors (Lipinski definition) is 4. The fourth-order valence-corrected chi connectivity index (χ4v) is 1.83. The van der Waals surface area contributed by atoms with E-state index >= 15 is 0 Å². The number of primary amides is 1. The zero-order valence-electron chi connectivity index (χ0n) is 10.8. The fraction of sp³-hybridized carbons (Fsp3) is 0.231. The maximum atomic E-state index is 12.0. The Morgan fingerprint density at radius 3 is 2.90 bits per heavy atom. The van der Waals surface area contributed by atoms with E-state index in [1.54, 1.807) is 18.3 Å². The molecule has 0 atom stereocenters. The lowest BCUT2D eigenvalue weighted by Gasteiger charge is -2.05. The molecule has 0 aliphatic heterocycles. The summed E-state index contributed by atoms with van der Waals surface area (Å²) >= 11 is 0. The third-order valence-electron chi connectivity index (χ3n) is 2.73. The van der Waals surface area contributed by atoms with E-state index in [4.69, 9.17) is 16.2 Å². The van der Waals surface area contributed by atoms with E-state index in [1.807, 2.05) is 6.07 Å². The van der Waals surface area contributed by atoms with Gasteiger partial charge < -0.3 is 26.5 Å². The predicted octanol–water partition coefficient (Wildman–Crippen LogP) is -0.0182. The highest BCUT2D eigenvalue weighted by Gasteiger charge is 2.11. The van der Waals surface area contributed by atoms with Crippen molar-refractivity contribution >= 4 is 28.4 Å². The van der Waals surface area contributed by atoms with Crippen molar-refractivity contribution in [3.8, 4) is 0 Å². The van der Waals surface area contributed by atoms with Crippen LogP contribution in [-0.4, -0.2) is 36.6 Å². The van der Waals surface area contributed by atoms with Crippen molar-refractivity contribution in [2.45, 2.75) is 0 Å². The lowest BCUT2D eigenvalue weighted by molar-refractivity contribution is -0.122. The first kappa shape index (κ1) is 13.9. The summed E-state index contributed by atoms with van der Waals surface area (Å²) in [5.74, 6) is -0.770. The molecule has 2 amide bonds. The Hall–Kier alpha value is -2.54. The normalized spacial score (nSPS) is 10.6. The molecule has 0 saturated heterocycles. The molecule has 2 rings (SSSR count). The minimum Gasteiger partial charge on any atom is -0.399 e. The van der Waals surface area contributed by atoms with Crippen molar-refractivity contribution in [1.29, 1.82) is 0 Å². The molecule has 7 nitrogen and oxygen atoms in total. The minimum absolute atomic E-state index is 0.153. The molecule has 0 aliphatic carbocycles. The van der Waals surface area contributed by atoms with Crippen LogP contribution in [0.15, 0.2) is 24.4 Å². The number of carbonyl (C=O) groups excluding carboxylic acids is 2. The molecule has 0 aliphatic rings. The molecule has 0 bridgehead atoms. The summed E-state index contributed by atoms with van der Waals surface area (Å²) in [5, 5.41) is 3.46. The number of benzene rings is 1. The van der Waals surface area contributed by atoms with Crippen LogP contribution in [0.3, 0.4) is 0 Å². The first-order chi connectivity index (χ1) is 9.58. The molecule has 20 heavy (non-hydrogen) atoms. The zero-order valence-corrected chi connectivity index (χ0v) is 10.8. The SMILES string of the molecule is NC(=O)COCCNC(=O)c1c[nH]c2ccc(N)cc12. The Morgan fingerprint density at radius 2 is 2.15 bits per heavy atom. The number of aromatic amines is 1. The molecule has 0 radical (unpaired) electrons. The van der Waals surface area contributed by atoms with Gasteiger partial charge in [-0.3, -0.25) is 9.59 Å². The molecule has 0 fully saturated rings. The first-order valence-electron chi connectivity index (χ1n) is 6.09. The van der Waals surface area contributed by atoms with Crippen LogP contribution < -0.4 is 16.8 Å². The topological polar surface area (TPSA) is 123 Å². The largest absolute Gasteiger partial charge is 0.399 e. The van der Waals surface area contributed by atoms with E-state index in [0.29, 0.717) is 17.8 Å². The Morgan fingerprint density at radius 1 is 1.35 bits per heavy atom. The number of fused-ring (bicyclic) bond motifs is 1. The van der Waals surface area contributed by atoms with Crippen LogP contribution in [0.25, 0.3) is 10.9 Å². The van der Waals surface area contributed by atoms with Gasteiger partial charge in [-0.25, -0.2) is 0 Å². The average molecular weight is 276 g/mol. The quantitative estimate of drug-likeness (QED) is 0.437. The molecule has 0 spiro atoms. The Labute approximate surface area is 115 Å². The van der Waals surface area contributed by atoms with Gasteiger partial charge in [-0.15, -0.1) is 0 Å². The van der Waals surface area contributed by atoms with Gasteiger partial charge in [0.05, 0.1) is 12.2 Å². The fourth-order valence-electron chi connectivity index (χ4n) is 1.83. The lowest BCUT2D eigenvalue weighted by Crippen LogP contribution is -2.28. The highest BCUT2D eigenvalue weighted by atomic mass is 16.5. The molecule has 1 heterocycles. The predicted molar refractivity (Wildman–Crippen MR) is 75.1 cm³/mol. The molecular weight excluding hydrogens is 260 g/mol. The van der Waals surface area contributed by atoms with Crippen molar-refractivity contribution in [3.63, 3.8) is 0 Å². The van der Waals surface area contributed by atoms with Gasteiger partial charge in [0, 0.05) is 29.3 Å². The molecule has 1 aromatic carbocycles. The van der Waals surface area contributed by atoms with E-state index < -0.39 is 5.91 Å². The molecule has 0 saturated carbocycles. The van der Waals surface area contributed by atoms with E-state index in [1.165, 1.54) is 0 Å². The summed E-state index contributed by atoms with van der Waals surface area (Å²) in [6.07, 6.45) is 1.63. The number of nitrogens with one attached hydrogen (secondary N) is 2. The van der Waals surface area contributed by atoms with Crippen molar-refractivity contribution in [1.82, 2.24) is 10.3 Å². The Bertz CT molecular complexity index is 636. The number of carbonyl (C=O) groups is 2. The molecule has 106 valence electrons. The van der Waals surface area contributed by atoms with E-state index in [-0.39, 0.29) is 19.1 Å². The van der Waals surface area contributed by atoms with Gasteiger partial charge in [-0.2, -0.15) is 0 Å². The third kappa shape index (κ3) is 3.27. The molecule has 1 aromatic heterocycles. The first-order valence-corrected chi connectivity index (χ1v) is 6.09. The van der Waals surface area contributed by atoms with E-state index in [9.17, 15) is 9.59 Å². The van der Waals surface area contributed by atoms with Crippen molar-refractivity contribution in [2.75, 3.05) is 25.5 Å². The second kappa shape index (κ2) is 6.07. The van der Waals surface area contributed by atoms with Gasteiger partial charge >= 0.3 is 0 Å². The van der Waals surface area contributed by atoms with Crippen molar-refractivity contribution in [3.05, 3.63) is 30.0 Å². The van der Waals surface area contributed by atoms with Crippen molar-refractivity contribution in [2.24, 2.45) is 5.73 Å². The second-order valence-corrected chi connectivity index (χ2v) is 4.28. The number of hydrogen-bond donors (Lipinski definition) is 4. The molecule has 6 N–H and O–H groups in total. The van der Waals surface area contributed by atoms with Gasteiger partial charge in [-0.1, -0.05) is 0 Å². The van der Waals surface area contributed by atoms with Crippen LogP contribution in [0.4, 0.5) is 5.69 Å². The average Bonchev–Trinajstić information content (AvgIpc) is 2.80. The highest BCUT2D eigenvalue weighted by molar-refractivity contribution is 6.07. The van der Waals surface area contributed by atoms with Crippen LogP contribution in [0.2, 0.25) is 0 Å². The van der Waals surface area contributed by atoms with Crippen LogP contribution in [0.1, 0.15) is 10.4 Å². The number of anilines is 1. The summed E-state index contributed by atoms with van der Waals surface area (Å²) in [5.41, 5.74) is 12.6. The number of amides is 2. The van der Waals surface area contributed by atoms with Crippen LogP contribution >= 0.6 is 0 Å². The van der Waals surface area contributed by atoms with Gasteiger partial charge in [0.25, 0.3) is 5.91 Å². The van der Waals surface area contributed by atoms with Crippen LogP contribution in [-0.2, 0) is 9.53 Å². The second-order valence-electron chi connectivity index (χ2n) is 4.28. The summed E-state index contributed by atoms with van der Waals surface area (Å²) in [4.78, 5) is 25.5. The summed E-state index contributed by atoms with van der Waals surface area (Å²) in [7, 11) is 0. The number of nitrogens with two attached hydrogens (primary N) is 2. The molecular formula is C13H16N4O3. The van der Waals surface area contributed by atoms with Gasteiger partial charge in [0.2, 0.25) is 5.91 Å². The maximum absolute atomic E-state index is 12.0. The van der Waals surface area contributed by atoms with E-state index in [2.05, 4.69) is 10.3 Å². The van der Waals surface area contributed by atoms with Crippen LogP contribution in [0.5, 0.6) is 0 Å². The number of ether oxygens (including phenoxy) is 1. The minimum atomic E-state index is -0.538. The summed E-state index contributed by atoms with van der Waals surface area (Å²) in [6.45, 7) is 0.361.